The van der Waals surface area contributed by atoms with Gasteiger partial charge in [0.05, 0.1) is 5.41 Å². The maximum absolute atomic E-state index is 10.8. The van der Waals surface area contributed by atoms with E-state index < -0.39 is 11.0 Å². The maximum atomic E-state index is 10.8. The van der Waals surface area contributed by atoms with Gasteiger partial charge in [-0.25, -0.2) is 0 Å². The van der Waals surface area contributed by atoms with Crippen molar-refractivity contribution in [2.24, 2.45) is 5.41 Å². The van der Waals surface area contributed by atoms with Crippen molar-refractivity contribution in [2.75, 3.05) is 0 Å². The van der Waals surface area contributed by atoms with Crippen LogP contribution in [0.1, 0.15) is 52.5 Å². The minimum atomic E-state index is -0.937. The summed E-state index contributed by atoms with van der Waals surface area (Å²) in [6.07, 6.45) is 3.19. The van der Waals surface area contributed by atoms with Crippen molar-refractivity contribution in [1.82, 2.24) is 0 Å². The van der Waals surface area contributed by atoms with E-state index in [4.69, 9.17) is 0 Å². The third-order valence-electron chi connectivity index (χ3n) is 3.61. The molecule has 0 bridgehead atoms. The Hall–Kier alpha value is -1.26. The number of hydrogen-bond donors (Lipinski definition) is 1. The van der Waals surface area contributed by atoms with Crippen LogP contribution < -0.4 is 0 Å². The van der Waals surface area contributed by atoms with Crippen molar-refractivity contribution in [3.8, 4) is 11.8 Å². The average Bonchev–Trinajstić information content (AvgIpc) is 2.35. The van der Waals surface area contributed by atoms with Crippen LogP contribution in [-0.2, 0) is 5.60 Å². The highest BCUT2D eigenvalue weighted by Crippen LogP contribution is 2.38. The molecular formula is C17H24O. The molecule has 1 aromatic carbocycles. The van der Waals surface area contributed by atoms with Gasteiger partial charge in [-0.1, -0.05) is 49.6 Å². The standard InChI is InChI=1S/C17H24O/c1-5-6-7-11-14-16(2,3)17(4,18)15-12-9-8-10-13-15/h8-10,12-13,18H,5-7H2,1-4H3/t17-/m1/s1. The van der Waals surface area contributed by atoms with Crippen LogP contribution in [-0.4, -0.2) is 5.11 Å². The molecule has 1 nitrogen and oxygen atoms in total. The van der Waals surface area contributed by atoms with E-state index >= 15 is 0 Å². The van der Waals surface area contributed by atoms with Gasteiger partial charge in [-0.05, 0) is 32.8 Å². The van der Waals surface area contributed by atoms with Crippen LogP contribution in [0.4, 0.5) is 0 Å². The summed E-state index contributed by atoms with van der Waals surface area (Å²) >= 11 is 0. The van der Waals surface area contributed by atoms with E-state index in [9.17, 15) is 5.11 Å². The molecule has 18 heavy (non-hydrogen) atoms. The molecule has 0 amide bonds. The fraction of sp³-hybridized carbons (Fsp3) is 0.529. The maximum Gasteiger partial charge on any atom is 0.103 e. The molecule has 0 aromatic heterocycles. The van der Waals surface area contributed by atoms with E-state index in [0.717, 1.165) is 24.8 Å². The van der Waals surface area contributed by atoms with E-state index in [1.165, 1.54) is 0 Å². The molecular weight excluding hydrogens is 220 g/mol. The number of benzene rings is 1. The molecule has 0 aliphatic rings. The summed E-state index contributed by atoms with van der Waals surface area (Å²) in [6, 6.07) is 9.76. The van der Waals surface area contributed by atoms with Crippen LogP contribution in [0.2, 0.25) is 0 Å². The minimum absolute atomic E-state index is 0.456. The molecule has 1 atom stereocenters. The van der Waals surface area contributed by atoms with E-state index in [0.29, 0.717) is 0 Å². The summed E-state index contributed by atoms with van der Waals surface area (Å²) in [5.41, 5.74) is -0.477. The second-order valence-electron chi connectivity index (χ2n) is 5.47. The molecule has 0 aliphatic heterocycles. The van der Waals surface area contributed by atoms with E-state index in [1.807, 2.05) is 51.1 Å². The summed E-state index contributed by atoms with van der Waals surface area (Å²) in [5, 5.41) is 10.8. The van der Waals surface area contributed by atoms with Crippen LogP contribution >= 0.6 is 0 Å². The van der Waals surface area contributed by atoms with Gasteiger partial charge in [-0.2, -0.15) is 0 Å². The summed E-state index contributed by atoms with van der Waals surface area (Å²) in [7, 11) is 0. The fourth-order valence-electron chi connectivity index (χ4n) is 1.79. The Morgan fingerprint density at radius 3 is 2.28 bits per heavy atom. The number of rotatable bonds is 4. The van der Waals surface area contributed by atoms with E-state index in [2.05, 4.69) is 18.8 Å². The lowest BCUT2D eigenvalue weighted by Gasteiger charge is -2.36. The lowest BCUT2D eigenvalue weighted by molar-refractivity contribution is -0.0257. The summed E-state index contributed by atoms with van der Waals surface area (Å²) in [4.78, 5) is 0. The largest absolute Gasteiger partial charge is 0.384 e. The Kier molecular flexibility index (Phi) is 4.99. The topological polar surface area (TPSA) is 20.2 Å². The predicted octanol–water partition coefficient (Wildman–Crippen LogP) is 4.11. The molecule has 1 N–H and O–H groups in total. The van der Waals surface area contributed by atoms with Crippen molar-refractivity contribution >= 4 is 0 Å². The molecule has 1 heteroatoms. The Morgan fingerprint density at radius 1 is 1.11 bits per heavy atom. The smallest absolute Gasteiger partial charge is 0.103 e. The zero-order chi connectivity index (χ0) is 13.6. The fourth-order valence-corrected chi connectivity index (χ4v) is 1.79. The molecule has 98 valence electrons. The van der Waals surface area contributed by atoms with E-state index in [-0.39, 0.29) is 0 Å². The first kappa shape index (κ1) is 14.8. The molecule has 1 aromatic rings. The van der Waals surface area contributed by atoms with Gasteiger partial charge in [0, 0.05) is 6.42 Å². The number of unbranched alkanes of at least 4 members (excludes halogenated alkanes) is 2. The van der Waals surface area contributed by atoms with Crippen molar-refractivity contribution in [2.45, 2.75) is 52.6 Å². The monoisotopic (exact) mass is 244 g/mol. The average molecular weight is 244 g/mol. The SMILES string of the molecule is CCCCC#CC(C)(C)[C@](C)(O)c1ccccc1. The van der Waals surface area contributed by atoms with Crippen LogP contribution in [0.5, 0.6) is 0 Å². The van der Waals surface area contributed by atoms with Crippen LogP contribution in [0, 0.1) is 17.3 Å². The summed E-state index contributed by atoms with van der Waals surface area (Å²) in [6.45, 7) is 8.00. The molecule has 1 rings (SSSR count). The molecule has 0 heterocycles. The van der Waals surface area contributed by atoms with Crippen LogP contribution in [0.25, 0.3) is 0 Å². The Morgan fingerprint density at radius 2 is 1.72 bits per heavy atom. The van der Waals surface area contributed by atoms with Gasteiger partial charge in [0.2, 0.25) is 0 Å². The van der Waals surface area contributed by atoms with Crippen LogP contribution in [0.15, 0.2) is 30.3 Å². The van der Waals surface area contributed by atoms with Crippen molar-refractivity contribution < 1.29 is 5.11 Å². The predicted molar refractivity (Wildman–Crippen MR) is 77.1 cm³/mol. The highest BCUT2D eigenvalue weighted by molar-refractivity contribution is 5.28. The van der Waals surface area contributed by atoms with E-state index in [1.54, 1.807) is 0 Å². The molecule has 0 aliphatic carbocycles. The van der Waals surface area contributed by atoms with Crippen molar-refractivity contribution in [3.63, 3.8) is 0 Å². The lowest BCUT2D eigenvalue weighted by atomic mass is 9.72. The van der Waals surface area contributed by atoms with Gasteiger partial charge in [0.15, 0.2) is 0 Å². The van der Waals surface area contributed by atoms with Gasteiger partial charge in [-0.3, -0.25) is 0 Å². The first-order valence-corrected chi connectivity index (χ1v) is 6.69. The first-order valence-electron chi connectivity index (χ1n) is 6.69. The Labute approximate surface area is 111 Å². The molecule has 0 radical (unpaired) electrons. The Bertz CT molecular complexity index is 418. The third-order valence-corrected chi connectivity index (χ3v) is 3.61. The molecule has 0 saturated heterocycles. The van der Waals surface area contributed by atoms with Gasteiger partial charge >= 0.3 is 0 Å². The molecule has 0 saturated carbocycles. The second-order valence-corrected chi connectivity index (χ2v) is 5.47. The van der Waals surface area contributed by atoms with Gasteiger partial charge in [-0.15, -0.1) is 5.92 Å². The molecule has 0 fully saturated rings. The zero-order valence-corrected chi connectivity index (χ0v) is 12.0. The quantitative estimate of drug-likeness (QED) is 0.624. The summed E-state index contributed by atoms with van der Waals surface area (Å²) in [5.74, 6) is 6.43. The third kappa shape index (κ3) is 3.37. The summed E-state index contributed by atoms with van der Waals surface area (Å²) < 4.78 is 0. The normalized spacial score (nSPS) is 14.5. The molecule has 0 unspecified atom stereocenters. The lowest BCUT2D eigenvalue weighted by Crippen LogP contribution is -2.38. The molecule has 0 spiro atoms. The van der Waals surface area contributed by atoms with Gasteiger partial charge in [0.25, 0.3) is 0 Å². The second kappa shape index (κ2) is 6.07. The van der Waals surface area contributed by atoms with Gasteiger partial charge in [0.1, 0.15) is 5.60 Å². The number of aliphatic hydroxyl groups is 1. The Balaban J connectivity index is 2.91. The van der Waals surface area contributed by atoms with Gasteiger partial charge < -0.3 is 5.11 Å². The highest BCUT2D eigenvalue weighted by atomic mass is 16.3. The number of hydrogen-bond acceptors (Lipinski definition) is 1. The van der Waals surface area contributed by atoms with Crippen LogP contribution in [0.3, 0.4) is 0 Å². The first-order chi connectivity index (χ1) is 8.42. The van der Waals surface area contributed by atoms with Crippen molar-refractivity contribution in [3.05, 3.63) is 35.9 Å². The highest BCUT2D eigenvalue weighted by Gasteiger charge is 2.39. The zero-order valence-electron chi connectivity index (χ0n) is 12.0. The van der Waals surface area contributed by atoms with Crippen molar-refractivity contribution in [1.29, 1.82) is 0 Å². The minimum Gasteiger partial charge on any atom is -0.384 e.